The first-order chi connectivity index (χ1) is 12.9. The first kappa shape index (κ1) is 18.8. The van der Waals surface area contributed by atoms with Gasteiger partial charge < -0.3 is 4.90 Å². The Morgan fingerprint density at radius 3 is 2.48 bits per heavy atom. The van der Waals surface area contributed by atoms with Crippen molar-refractivity contribution in [3.05, 3.63) is 65.2 Å². The van der Waals surface area contributed by atoms with Gasteiger partial charge in [-0.05, 0) is 36.6 Å². The smallest absolute Gasteiger partial charge is 0.362 e. The number of carbonyl (C=O) groups excluding carboxylic acids is 2. The van der Waals surface area contributed by atoms with Crippen molar-refractivity contribution in [3.8, 4) is 0 Å². The molecule has 2 aromatic carbocycles. The number of hydrogen-bond acceptors (Lipinski definition) is 3. The second-order valence-corrected chi connectivity index (χ2v) is 6.20. The molecule has 5 nitrogen and oxygen atoms in total. The number of para-hydroxylation sites is 1. The molecule has 3 rings (SSSR count). The molecule has 2 N–H and O–H groups in total. The number of halogens is 3. The Morgan fingerprint density at radius 1 is 1.00 bits per heavy atom. The predicted molar refractivity (Wildman–Crippen MR) is 94.0 cm³/mol. The molecule has 0 unspecified atom stereocenters. The summed E-state index contributed by atoms with van der Waals surface area (Å²) in [6, 6.07) is 12.1. The molecule has 0 fully saturated rings. The van der Waals surface area contributed by atoms with E-state index < -0.39 is 29.1 Å². The van der Waals surface area contributed by atoms with Crippen LogP contribution in [0.15, 0.2) is 48.5 Å². The Labute approximate surface area is 154 Å². The second-order valence-electron chi connectivity index (χ2n) is 6.20. The van der Waals surface area contributed by atoms with Gasteiger partial charge in [-0.25, -0.2) is 0 Å². The number of nitrogens with one attached hydrogen (secondary N) is 2. The molecule has 142 valence electrons. The summed E-state index contributed by atoms with van der Waals surface area (Å²) in [4.78, 5) is 26.1. The van der Waals surface area contributed by atoms with Crippen LogP contribution < -0.4 is 15.8 Å². The first-order valence-corrected chi connectivity index (χ1v) is 8.44. The van der Waals surface area contributed by atoms with E-state index in [-0.39, 0.29) is 6.54 Å². The molecular weight excluding hydrogens is 359 g/mol. The zero-order chi connectivity index (χ0) is 19.4. The van der Waals surface area contributed by atoms with Gasteiger partial charge in [-0.3, -0.25) is 20.4 Å². The highest BCUT2D eigenvalue weighted by Gasteiger charge is 2.34. The Bertz CT molecular complexity index is 852. The zero-order valence-corrected chi connectivity index (χ0v) is 14.3. The van der Waals surface area contributed by atoms with E-state index in [9.17, 15) is 22.8 Å². The van der Waals surface area contributed by atoms with E-state index in [1.54, 1.807) is 0 Å². The summed E-state index contributed by atoms with van der Waals surface area (Å²) >= 11 is 0. The van der Waals surface area contributed by atoms with E-state index in [1.165, 1.54) is 12.1 Å². The van der Waals surface area contributed by atoms with Gasteiger partial charge in [0.15, 0.2) is 0 Å². The monoisotopic (exact) mass is 377 g/mol. The number of fused-ring (bicyclic) bond motifs is 1. The van der Waals surface area contributed by atoms with Crippen LogP contribution in [0.2, 0.25) is 0 Å². The molecule has 0 bridgehead atoms. The molecule has 0 saturated heterocycles. The number of amides is 2. The normalized spacial score (nSPS) is 13.7. The van der Waals surface area contributed by atoms with Crippen molar-refractivity contribution >= 4 is 17.5 Å². The molecule has 2 amide bonds. The van der Waals surface area contributed by atoms with Crippen molar-refractivity contribution < 1.29 is 22.8 Å². The molecular formula is C19H18F3N3O2. The Morgan fingerprint density at radius 2 is 1.70 bits per heavy atom. The summed E-state index contributed by atoms with van der Waals surface area (Å²) in [6.45, 7) is 0.688. The molecule has 1 heterocycles. The predicted octanol–water partition coefficient (Wildman–Crippen LogP) is 2.92. The highest BCUT2D eigenvalue weighted by Crippen LogP contribution is 2.31. The van der Waals surface area contributed by atoms with Crippen molar-refractivity contribution in [2.24, 2.45) is 0 Å². The quantitative estimate of drug-likeness (QED) is 0.809. The number of anilines is 1. The Kier molecular flexibility index (Phi) is 5.34. The van der Waals surface area contributed by atoms with Gasteiger partial charge in [-0.1, -0.05) is 30.3 Å². The lowest BCUT2D eigenvalue weighted by atomic mass is 10.0. The van der Waals surface area contributed by atoms with Crippen molar-refractivity contribution in [2.45, 2.75) is 19.0 Å². The summed E-state index contributed by atoms with van der Waals surface area (Å²) < 4.78 is 38.9. The lowest BCUT2D eigenvalue weighted by Crippen LogP contribution is -2.47. The van der Waals surface area contributed by atoms with Crippen LogP contribution in [-0.2, 0) is 17.4 Å². The maximum atomic E-state index is 13.0. The van der Waals surface area contributed by atoms with Crippen LogP contribution in [0.1, 0.15) is 27.9 Å². The van der Waals surface area contributed by atoms with Gasteiger partial charge in [-0.2, -0.15) is 13.2 Å². The fourth-order valence-corrected chi connectivity index (χ4v) is 3.11. The largest absolute Gasteiger partial charge is 0.417 e. The number of nitrogens with zero attached hydrogens (tertiary/aromatic N) is 1. The van der Waals surface area contributed by atoms with Gasteiger partial charge in [0, 0.05) is 12.2 Å². The highest BCUT2D eigenvalue weighted by atomic mass is 19.4. The number of rotatable bonds is 3. The van der Waals surface area contributed by atoms with Crippen LogP contribution in [0.3, 0.4) is 0 Å². The van der Waals surface area contributed by atoms with Crippen molar-refractivity contribution in [1.82, 2.24) is 10.9 Å². The molecule has 2 aromatic rings. The van der Waals surface area contributed by atoms with E-state index in [0.717, 1.165) is 36.2 Å². The molecule has 0 atom stereocenters. The molecule has 1 aliphatic heterocycles. The molecule has 27 heavy (non-hydrogen) atoms. The van der Waals surface area contributed by atoms with Crippen molar-refractivity contribution in [3.63, 3.8) is 0 Å². The molecule has 0 radical (unpaired) electrons. The molecule has 8 heteroatoms. The molecule has 1 aliphatic rings. The van der Waals surface area contributed by atoms with E-state index in [2.05, 4.69) is 10.9 Å². The lowest BCUT2D eigenvalue weighted by Gasteiger charge is -2.30. The van der Waals surface area contributed by atoms with E-state index in [1.807, 2.05) is 29.2 Å². The lowest BCUT2D eigenvalue weighted by molar-refractivity contribution is -0.137. The van der Waals surface area contributed by atoms with Crippen LogP contribution in [0, 0.1) is 0 Å². The van der Waals surface area contributed by atoms with E-state index >= 15 is 0 Å². The number of alkyl halides is 3. The van der Waals surface area contributed by atoms with Crippen molar-refractivity contribution in [2.75, 3.05) is 18.0 Å². The third-order valence-corrected chi connectivity index (χ3v) is 4.33. The summed E-state index contributed by atoms with van der Waals surface area (Å²) in [5.41, 5.74) is 4.74. The summed E-state index contributed by atoms with van der Waals surface area (Å²) in [6.07, 6.45) is -2.83. The molecule has 0 spiro atoms. The summed E-state index contributed by atoms with van der Waals surface area (Å²) in [5, 5.41) is 0. The van der Waals surface area contributed by atoms with E-state index in [4.69, 9.17) is 0 Å². The van der Waals surface area contributed by atoms with Crippen LogP contribution in [0.4, 0.5) is 18.9 Å². The third kappa shape index (κ3) is 4.39. The van der Waals surface area contributed by atoms with Crippen LogP contribution in [-0.4, -0.2) is 24.9 Å². The number of hydrogen-bond donors (Lipinski definition) is 2. The minimum absolute atomic E-state index is 0.00177. The van der Waals surface area contributed by atoms with Crippen LogP contribution in [0.5, 0.6) is 0 Å². The molecule has 0 aromatic heterocycles. The average Bonchev–Trinajstić information content (AvgIpc) is 2.66. The molecule has 0 aliphatic carbocycles. The van der Waals surface area contributed by atoms with Gasteiger partial charge in [0.2, 0.25) is 0 Å². The SMILES string of the molecule is O=C(CN1CCCc2ccccc21)NNC(=O)c1ccccc1C(F)(F)F. The Balaban J connectivity index is 1.62. The van der Waals surface area contributed by atoms with Gasteiger partial charge in [0.25, 0.3) is 11.8 Å². The number of hydrazine groups is 1. The summed E-state index contributed by atoms with van der Waals surface area (Å²) in [7, 11) is 0. The van der Waals surface area contributed by atoms with Gasteiger partial charge in [0.05, 0.1) is 17.7 Å². The standard InChI is InChI=1S/C19H18F3N3O2/c20-19(21,22)15-9-3-2-8-14(15)18(27)24-23-17(26)12-25-11-5-7-13-6-1-4-10-16(13)25/h1-4,6,8-10H,5,7,11-12H2,(H,23,26)(H,24,27). The van der Waals surface area contributed by atoms with E-state index in [0.29, 0.717) is 6.54 Å². The summed E-state index contributed by atoms with van der Waals surface area (Å²) in [5.74, 6) is -1.53. The fraction of sp³-hybridized carbons (Fsp3) is 0.263. The van der Waals surface area contributed by atoms with Crippen LogP contribution >= 0.6 is 0 Å². The van der Waals surface area contributed by atoms with Crippen molar-refractivity contribution in [1.29, 1.82) is 0 Å². The molecule has 0 saturated carbocycles. The maximum absolute atomic E-state index is 13.0. The highest BCUT2D eigenvalue weighted by molar-refractivity contribution is 5.97. The number of aryl methyl sites for hydroxylation is 1. The third-order valence-electron chi connectivity index (χ3n) is 4.33. The van der Waals surface area contributed by atoms with Gasteiger partial charge in [-0.15, -0.1) is 0 Å². The topological polar surface area (TPSA) is 61.4 Å². The Hall–Kier alpha value is -3.03. The second kappa shape index (κ2) is 7.69. The zero-order valence-electron chi connectivity index (χ0n) is 14.3. The number of benzene rings is 2. The van der Waals surface area contributed by atoms with Gasteiger partial charge >= 0.3 is 6.18 Å². The fourth-order valence-electron chi connectivity index (χ4n) is 3.11. The maximum Gasteiger partial charge on any atom is 0.417 e. The number of carbonyl (C=O) groups is 2. The first-order valence-electron chi connectivity index (χ1n) is 8.44. The van der Waals surface area contributed by atoms with Crippen LogP contribution in [0.25, 0.3) is 0 Å². The minimum atomic E-state index is -4.66. The van der Waals surface area contributed by atoms with Gasteiger partial charge in [0.1, 0.15) is 0 Å². The average molecular weight is 377 g/mol. The minimum Gasteiger partial charge on any atom is -0.362 e.